The van der Waals surface area contributed by atoms with E-state index in [0.29, 0.717) is 6.73 Å². The fourth-order valence-corrected chi connectivity index (χ4v) is 2.28. The molecule has 0 bridgehead atoms. The Bertz CT molecular complexity index is 413. The lowest BCUT2D eigenvalue weighted by Gasteiger charge is -2.21. The number of likely N-dealkylation sites (tertiary alicyclic amines) is 1. The molecule has 1 fully saturated rings. The Morgan fingerprint density at radius 3 is 2.40 bits per heavy atom. The number of nitrogens with zero attached hydrogens (tertiary/aromatic N) is 1. The first-order valence-corrected chi connectivity index (χ1v) is 7.16. The van der Waals surface area contributed by atoms with Gasteiger partial charge in [-0.1, -0.05) is 0 Å². The average molecular weight is 281 g/mol. The van der Waals surface area contributed by atoms with E-state index < -0.39 is 0 Å². The fraction of sp³-hybridized carbons (Fsp3) is 0.625. The zero-order valence-corrected chi connectivity index (χ0v) is 12.6. The number of alkyl halides is 1. The van der Waals surface area contributed by atoms with Gasteiger partial charge in [-0.2, -0.15) is 0 Å². The predicted octanol–water partition coefficient (Wildman–Crippen LogP) is 3.49. The van der Waals surface area contributed by atoms with Crippen molar-refractivity contribution in [1.82, 2.24) is 4.90 Å². The van der Waals surface area contributed by atoms with Crippen molar-refractivity contribution in [1.29, 1.82) is 0 Å². The summed E-state index contributed by atoms with van der Waals surface area (Å²) in [6.45, 7) is 8.07. The number of rotatable bonds is 5. The van der Waals surface area contributed by atoms with Gasteiger partial charge in [-0.15, -0.1) is 0 Å². The zero-order chi connectivity index (χ0) is 14.6. The van der Waals surface area contributed by atoms with Crippen LogP contribution >= 0.6 is 0 Å². The first-order chi connectivity index (χ1) is 9.46. The summed E-state index contributed by atoms with van der Waals surface area (Å²) in [6.07, 6.45) is 0.929. The van der Waals surface area contributed by atoms with Crippen molar-refractivity contribution in [3.05, 3.63) is 24.3 Å². The fourth-order valence-electron chi connectivity index (χ4n) is 2.28. The summed E-state index contributed by atoms with van der Waals surface area (Å²) >= 11 is 0. The summed E-state index contributed by atoms with van der Waals surface area (Å²) in [5, 5.41) is 0. The van der Waals surface area contributed by atoms with Crippen molar-refractivity contribution < 1.29 is 13.9 Å². The van der Waals surface area contributed by atoms with Gasteiger partial charge in [-0.05, 0) is 51.5 Å². The van der Waals surface area contributed by atoms with E-state index in [0.717, 1.165) is 31.0 Å². The molecule has 0 amide bonds. The van der Waals surface area contributed by atoms with Gasteiger partial charge in [0.2, 0.25) is 0 Å². The average Bonchev–Trinajstić information content (AvgIpc) is 2.84. The lowest BCUT2D eigenvalue weighted by Crippen LogP contribution is -2.26. The van der Waals surface area contributed by atoms with E-state index in [4.69, 9.17) is 9.47 Å². The molecule has 0 spiro atoms. The van der Waals surface area contributed by atoms with Gasteiger partial charge in [-0.3, -0.25) is 9.29 Å². The summed E-state index contributed by atoms with van der Waals surface area (Å²) in [5.41, 5.74) is -0.195. The van der Waals surface area contributed by atoms with Gasteiger partial charge >= 0.3 is 0 Å². The van der Waals surface area contributed by atoms with E-state index in [2.05, 4.69) is 4.90 Å². The van der Waals surface area contributed by atoms with Crippen molar-refractivity contribution in [3.63, 3.8) is 0 Å². The molecule has 3 nitrogen and oxygen atoms in total. The lowest BCUT2D eigenvalue weighted by molar-refractivity contribution is 0.129. The molecule has 0 saturated carbocycles. The Labute approximate surface area is 120 Å². The monoisotopic (exact) mass is 281 g/mol. The van der Waals surface area contributed by atoms with Gasteiger partial charge in [-0.25, -0.2) is 0 Å². The van der Waals surface area contributed by atoms with Gasteiger partial charge in [0, 0.05) is 19.0 Å². The van der Waals surface area contributed by atoms with E-state index >= 15 is 0 Å². The largest absolute Gasteiger partial charge is 0.488 e. The highest BCUT2D eigenvalue weighted by molar-refractivity contribution is 5.31. The lowest BCUT2D eigenvalue weighted by atomic mass is 10.1. The van der Waals surface area contributed by atoms with E-state index in [-0.39, 0.29) is 18.2 Å². The van der Waals surface area contributed by atoms with Gasteiger partial charge in [0.15, 0.2) is 0 Å². The Balaban J connectivity index is 1.79. The SMILES string of the molecule is CC(C)(C)Oc1ccc(OCN2CCC(CF)C2)cc1. The number of ether oxygens (including phenoxy) is 2. The molecule has 0 aromatic heterocycles. The molecule has 0 N–H and O–H groups in total. The van der Waals surface area contributed by atoms with Crippen molar-refractivity contribution in [2.24, 2.45) is 5.92 Å². The van der Waals surface area contributed by atoms with Crippen LogP contribution in [0.2, 0.25) is 0 Å². The van der Waals surface area contributed by atoms with E-state index in [9.17, 15) is 4.39 Å². The van der Waals surface area contributed by atoms with Crippen LogP contribution in [0.3, 0.4) is 0 Å². The maximum absolute atomic E-state index is 12.5. The predicted molar refractivity (Wildman–Crippen MR) is 78.0 cm³/mol. The van der Waals surface area contributed by atoms with Crippen LogP contribution < -0.4 is 9.47 Å². The summed E-state index contributed by atoms with van der Waals surface area (Å²) < 4.78 is 24.0. The Hall–Kier alpha value is -1.29. The van der Waals surface area contributed by atoms with Crippen molar-refractivity contribution in [2.75, 3.05) is 26.5 Å². The van der Waals surface area contributed by atoms with E-state index in [1.165, 1.54) is 0 Å². The first kappa shape index (κ1) is 15.1. The Morgan fingerprint density at radius 2 is 1.85 bits per heavy atom. The summed E-state index contributed by atoms with van der Waals surface area (Å²) in [6, 6.07) is 7.64. The molecule has 4 heteroatoms. The van der Waals surface area contributed by atoms with Crippen LogP contribution in [0, 0.1) is 5.92 Å². The molecule has 1 unspecified atom stereocenters. The van der Waals surface area contributed by atoms with Crippen molar-refractivity contribution in [3.8, 4) is 11.5 Å². The minimum Gasteiger partial charge on any atom is -0.488 e. The number of halogens is 1. The van der Waals surface area contributed by atoms with Gasteiger partial charge in [0.1, 0.15) is 23.8 Å². The van der Waals surface area contributed by atoms with Crippen LogP contribution in [0.4, 0.5) is 4.39 Å². The highest BCUT2D eigenvalue weighted by Crippen LogP contribution is 2.22. The zero-order valence-electron chi connectivity index (χ0n) is 12.6. The Kier molecular flexibility index (Phi) is 4.86. The van der Waals surface area contributed by atoms with Gasteiger partial charge in [0.05, 0.1) is 6.67 Å². The second-order valence-electron chi connectivity index (χ2n) is 6.35. The Morgan fingerprint density at radius 1 is 1.20 bits per heavy atom. The number of hydrogen-bond donors (Lipinski definition) is 0. The third-order valence-electron chi connectivity index (χ3n) is 3.25. The summed E-state index contributed by atoms with van der Waals surface area (Å²) in [5.74, 6) is 1.83. The molecule has 1 aromatic carbocycles. The molecule has 1 heterocycles. The summed E-state index contributed by atoms with van der Waals surface area (Å²) in [4.78, 5) is 2.14. The van der Waals surface area contributed by atoms with E-state index in [1.807, 2.05) is 45.0 Å². The molecule has 1 aliphatic rings. The van der Waals surface area contributed by atoms with Crippen molar-refractivity contribution >= 4 is 0 Å². The molecule has 0 radical (unpaired) electrons. The quantitative estimate of drug-likeness (QED) is 0.824. The molecule has 1 aromatic rings. The standard InChI is InChI=1S/C16H24FNO2/c1-16(2,3)20-15-6-4-14(5-7-15)19-12-18-9-8-13(10-17)11-18/h4-7,13H,8-12H2,1-3H3. The summed E-state index contributed by atoms with van der Waals surface area (Å²) in [7, 11) is 0. The number of hydrogen-bond acceptors (Lipinski definition) is 3. The number of benzene rings is 1. The maximum Gasteiger partial charge on any atom is 0.142 e. The van der Waals surface area contributed by atoms with Gasteiger partial charge in [0.25, 0.3) is 0 Å². The third kappa shape index (κ3) is 4.67. The molecule has 2 rings (SSSR count). The van der Waals surface area contributed by atoms with Crippen LogP contribution in [-0.4, -0.2) is 37.0 Å². The van der Waals surface area contributed by atoms with Crippen LogP contribution in [0.25, 0.3) is 0 Å². The smallest absolute Gasteiger partial charge is 0.142 e. The van der Waals surface area contributed by atoms with Crippen LogP contribution in [-0.2, 0) is 0 Å². The molecule has 1 aliphatic heterocycles. The van der Waals surface area contributed by atoms with Crippen molar-refractivity contribution in [2.45, 2.75) is 32.8 Å². The molecule has 112 valence electrons. The minimum absolute atomic E-state index is 0.182. The van der Waals surface area contributed by atoms with Crippen LogP contribution in [0.1, 0.15) is 27.2 Å². The van der Waals surface area contributed by atoms with Crippen LogP contribution in [0.15, 0.2) is 24.3 Å². The van der Waals surface area contributed by atoms with Crippen LogP contribution in [0.5, 0.6) is 11.5 Å². The molecular weight excluding hydrogens is 257 g/mol. The van der Waals surface area contributed by atoms with E-state index in [1.54, 1.807) is 0 Å². The second kappa shape index (κ2) is 6.44. The highest BCUT2D eigenvalue weighted by Gasteiger charge is 2.22. The maximum atomic E-state index is 12.5. The molecule has 1 saturated heterocycles. The minimum atomic E-state index is -0.227. The third-order valence-corrected chi connectivity index (χ3v) is 3.25. The highest BCUT2D eigenvalue weighted by atomic mass is 19.1. The molecule has 1 atom stereocenters. The molecule has 20 heavy (non-hydrogen) atoms. The molecular formula is C16H24FNO2. The molecule has 0 aliphatic carbocycles. The topological polar surface area (TPSA) is 21.7 Å². The first-order valence-electron chi connectivity index (χ1n) is 7.16. The normalized spacial score (nSPS) is 20.1. The second-order valence-corrected chi connectivity index (χ2v) is 6.35. The van der Waals surface area contributed by atoms with Gasteiger partial charge < -0.3 is 9.47 Å².